The predicted molar refractivity (Wildman–Crippen MR) is 60.3 cm³/mol. The van der Waals surface area contributed by atoms with Crippen molar-refractivity contribution in [2.24, 2.45) is 5.92 Å². The van der Waals surface area contributed by atoms with E-state index in [1.165, 1.54) is 0 Å². The molecule has 0 aromatic rings. The van der Waals surface area contributed by atoms with E-state index in [1.807, 2.05) is 0 Å². The molecule has 0 unspecified atom stereocenters. The highest BCUT2D eigenvalue weighted by molar-refractivity contribution is 6.74. The van der Waals surface area contributed by atoms with E-state index < -0.39 is 8.32 Å². The second kappa shape index (κ2) is 3.95. The molecule has 0 bridgehead atoms. The van der Waals surface area contributed by atoms with Crippen LogP contribution in [0.15, 0.2) is 0 Å². The summed E-state index contributed by atoms with van der Waals surface area (Å²) in [6, 6.07) is 0. The Balaban J connectivity index is 2.38. The van der Waals surface area contributed by atoms with Crippen LogP contribution in [0.5, 0.6) is 0 Å². The number of hydrogen-bond donors (Lipinski definition) is 0. The molecule has 3 heteroatoms. The lowest BCUT2D eigenvalue weighted by Gasteiger charge is -2.44. The number of hydrogen-bond acceptors (Lipinski definition) is 1. The molecule has 0 saturated heterocycles. The van der Waals surface area contributed by atoms with Crippen molar-refractivity contribution in [2.45, 2.75) is 57.8 Å². The molecule has 1 rings (SSSR count). The minimum atomic E-state index is -1.58. The molecule has 2 nitrogen and oxygen atoms in total. The summed E-state index contributed by atoms with van der Waals surface area (Å²) in [5.74, 6) is 0.393. The molecule has 0 spiro atoms. The molecule has 14 heavy (non-hydrogen) atoms. The molecule has 83 valence electrons. The molecular weight excluding hydrogens is 192 g/mol. The van der Waals surface area contributed by atoms with Crippen molar-refractivity contribution < 1.29 is 9.53 Å². The summed E-state index contributed by atoms with van der Waals surface area (Å²) in [5.41, 5.74) is 0. The Kier molecular flexibility index (Phi) is 3.44. The van der Waals surface area contributed by atoms with E-state index in [0.29, 0.717) is 12.0 Å². The zero-order chi connectivity index (χ0) is 11.0. The van der Waals surface area contributed by atoms with Crippen molar-refractivity contribution in [2.75, 3.05) is 6.61 Å². The van der Waals surface area contributed by atoms with E-state index in [4.69, 9.17) is 4.43 Å². The van der Waals surface area contributed by atoms with Gasteiger partial charge in [0.05, 0.1) is 6.61 Å². The molecule has 1 aliphatic carbocycles. The van der Waals surface area contributed by atoms with Crippen molar-refractivity contribution in [3.05, 3.63) is 0 Å². The van der Waals surface area contributed by atoms with E-state index in [-0.39, 0.29) is 11.6 Å². The van der Waals surface area contributed by atoms with Gasteiger partial charge in [0.1, 0.15) is 0 Å². The quantitative estimate of drug-likeness (QED) is 0.665. The maximum Gasteiger partial charge on any atom is 0.192 e. The van der Waals surface area contributed by atoms with E-state index >= 15 is 0 Å². The standard InChI is InChI=1S/C11H23O2Si/c1-11(2,3)14(4,5)13-10-6-9(7-10)8-12/h9-10H,6-8H2,1-5H3. The molecule has 0 amide bonds. The minimum absolute atomic E-state index is 0.0807. The monoisotopic (exact) mass is 215 g/mol. The minimum Gasteiger partial charge on any atom is -0.414 e. The van der Waals surface area contributed by atoms with E-state index in [2.05, 4.69) is 33.9 Å². The molecular formula is C11H23O2Si. The first-order chi connectivity index (χ1) is 6.26. The Labute approximate surface area is 88.8 Å². The Morgan fingerprint density at radius 3 is 2.14 bits per heavy atom. The van der Waals surface area contributed by atoms with Gasteiger partial charge in [-0.2, -0.15) is 0 Å². The predicted octanol–water partition coefficient (Wildman–Crippen LogP) is 3.22. The van der Waals surface area contributed by atoms with Gasteiger partial charge in [-0.15, -0.1) is 0 Å². The van der Waals surface area contributed by atoms with Gasteiger partial charge in [-0.1, -0.05) is 20.8 Å². The van der Waals surface area contributed by atoms with Crippen LogP contribution in [0.2, 0.25) is 18.1 Å². The van der Waals surface area contributed by atoms with Gasteiger partial charge in [0.25, 0.3) is 0 Å². The first kappa shape index (κ1) is 12.2. The molecule has 1 saturated carbocycles. The lowest BCUT2D eigenvalue weighted by Crippen LogP contribution is -2.47. The van der Waals surface area contributed by atoms with Crippen LogP contribution >= 0.6 is 0 Å². The van der Waals surface area contributed by atoms with Crippen LogP contribution in [0.4, 0.5) is 0 Å². The summed E-state index contributed by atoms with van der Waals surface area (Å²) in [4.78, 5) is 0. The van der Waals surface area contributed by atoms with Crippen LogP contribution < -0.4 is 0 Å². The average Bonchev–Trinajstić information content (AvgIpc) is 1.93. The lowest BCUT2D eigenvalue weighted by molar-refractivity contribution is 0.00446. The van der Waals surface area contributed by atoms with Crippen LogP contribution in [-0.4, -0.2) is 21.0 Å². The van der Waals surface area contributed by atoms with Gasteiger partial charge in [-0.05, 0) is 36.9 Å². The third-order valence-electron chi connectivity index (χ3n) is 3.70. The van der Waals surface area contributed by atoms with Gasteiger partial charge >= 0.3 is 0 Å². The van der Waals surface area contributed by atoms with Crippen molar-refractivity contribution in [3.63, 3.8) is 0 Å². The summed E-state index contributed by atoms with van der Waals surface area (Å²) in [6.45, 7) is 11.4. The summed E-state index contributed by atoms with van der Waals surface area (Å²) in [7, 11) is -1.58. The summed E-state index contributed by atoms with van der Waals surface area (Å²) >= 11 is 0. The molecule has 0 N–H and O–H groups in total. The van der Waals surface area contributed by atoms with Crippen molar-refractivity contribution >= 4 is 8.32 Å². The highest BCUT2D eigenvalue weighted by Gasteiger charge is 2.42. The van der Waals surface area contributed by atoms with Gasteiger partial charge in [0.2, 0.25) is 0 Å². The highest BCUT2D eigenvalue weighted by Crippen LogP contribution is 2.41. The Bertz CT molecular complexity index is 190. The molecule has 1 radical (unpaired) electrons. The molecule has 0 aromatic heterocycles. The van der Waals surface area contributed by atoms with E-state index in [9.17, 15) is 5.11 Å². The second-order valence-electron chi connectivity index (χ2n) is 6.00. The number of rotatable bonds is 3. The van der Waals surface area contributed by atoms with Gasteiger partial charge in [0, 0.05) is 6.10 Å². The van der Waals surface area contributed by atoms with Crippen LogP contribution in [0.25, 0.3) is 0 Å². The van der Waals surface area contributed by atoms with Crippen LogP contribution in [0, 0.1) is 5.92 Å². The van der Waals surface area contributed by atoms with E-state index in [0.717, 1.165) is 12.8 Å². The van der Waals surface area contributed by atoms with Crippen LogP contribution in [0.1, 0.15) is 33.6 Å². The van der Waals surface area contributed by atoms with Gasteiger partial charge in [-0.25, -0.2) is 5.11 Å². The maximum absolute atomic E-state index is 10.6. The fourth-order valence-corrected chi connectivity index (χ4v) is 2.88. The fourth-order valence-electron chi connectivity index (χ4n) is 1.50. The third-order valence-corrected chi connectivity index (χ3v) is 8.23. The van der Waals surface area contributed by atoms with Gasteiger partial charge in [-0.3, -0.25) is 0 Å². The second-order valence-corrected chi connectivity index (χ2v) is 10.8. The fraction of sp³-hybridized carbons (Fsp3) is 1.00. The van der Waals surface area contributed by atoms with Gasteiger partial charge < -0.3 is 4.43 Å². The van der Waals surface area contributed by atoms with Crippen LogP contribution in [-0.2, 0) is 9.53 Å². The van der Waals surface area contributed by atoms with Gasteiger partial charge in [0.15, 0.2) is 8.32 Å². The molecule has 1 aliphatic rings. The maximum atomic E-state index is 10.6. The Morgan fingerprint density at radius 1 is 1.29 bits per heavy atom. The first-order valence-electron chi connectivity index (χ1n) is 5.52. The van der Waals surface area contributed by atoms with E-state index in [1.54, 1.807) is 0 Å². The average molecular weight is 215 g/mol. The largest absolute Gasteiger partial charge is 0.414 e. The Morgan fingerprint density at radius 2 is 1.79 bits per heavy atom. The smallest absolute Gasteiger partial charge is 0.192 e. The molecule has 1 fully saturated rings. The normalized spacial score (nSPS) is 28.7. The molecule has 0 aromatic carbocycles. The van der Waals surface area contributed by atoms with Crippen molar-refractivity contribution in [3.8, 4) is 0 Å². The summed E-state index contributed by atoms with van der Waals surface area (Å²) in [6.07, 6.45) is 2.38. The molecule has 0 heterocycles. The SMILES string of the molecule is CC(C)(C)[Si](C)(C)OC1CC(C[O])C1. The zero-order valence-electron chi connectivity index (χ0n) is 10.1. The zero-order valence-corrected chi connectivity index (χ0v) is 11.1. The summed E-state index contributed by atoms with van der Waals surface area (Å²) < 4.78 is 6.17. The van der Waals surface area contributed by atoms with Crippen molar-refractivity contribution in [1.29, 1.82) is 0 Å². The summed E-state index contributed by atoms with van der Waals surface area (Å²) in [5, 5.41) is 10.9. The molecule has 0 atom stereocenters. The Hall–Kier alpha value is 0.137. The highest BCUT2D eigenvalue weighted by atomic mass is 28.4. The molecule has 0 aliphatic heterocycles. The van der Waals surface area contributed by atoms with Crippen LogP contribution in [0.3, 0.4) is 0 Å². The topological polar surface area (TPSA) is 29.1 Å². The third kappa shape index (κ3) is 2.58. The lowest BCUT2D eigenvalue weighted by atomic mass is 9.83. The van der Waals surface area contributed by atoms with Crippen molar-refractivity contribution in [1.82, 2.24) is 0 Å². The first-order valence-corrected chi connectivity index (χ1v) is 8.43.